The molecular weight excluding hydrogens is 422 g/mol. The summed E-state index contributed by atoms with van der Waals surface area (Å²) in [5.41, 5.74) is 8.82. The number of benzene rings is 1. The molecule has 5 heterocycles. The molecule has 160 valence electrons. The first-order valence-electron chi connectivity index (χ1n) is 10.5. The number of hydrogen-bond acceptors (Lipinski definition) is 9. The second kappa shape index (κ2) is 7.81. The number of rotatable bonds is 4. The average Bonchev–Trinajstić information content (AvgIpc) is 3.49. The van der Waals surface area contributed by atoms with E-state index in [1.165, 1.54) is 0 Å². The summed E-state index contributed by atoms with van der Waals surface area (Å²) in [5, 5.41) is 18.4. The molecule has 0 atom stereocenters. The smallest absolute Gasteiger partial charge is 0.186 e. The van der Waals surface area contributed by atoms with Gasteiger partial charge in [-0.3, -0.25) is 4.90 Å². The highest BCUT2D eigenvalue weighted by atomic mass is 32.1. The summed E-state index contributed by atoms with van der Waals surface area (Å²) in [7, 11) is 0. The zero-order valence-corrected chi connectivity index (χ0v) is 18.1. The Morgan fingerprint density at radius 1 is 0.938 bits per heavy atom. The van der Waals surface area contributed by atoms with E-state index in [-0.39, 0.29) is 0 Å². The number of piperazine rings is 1. The Hall–Kier alpha value is -3.63. The van der Waals surface area contributed by atoms with Crippen LogP contribution in [0.25, 0.3) is 27.9 Å². The number of nitrogens with two attached hydrogens (primary N) is 1. The zero-order valence-electron chi connectivity index (χ0n) is 17.3. The van der Waals surface area contributed by atoms with Crippen LogP contribution in [0.1, 0.15) is 5.82 Å². The van der Waals surface area contributed by atoms with Crippen LogP contribution < -0.4 is 10.6 Å². The van der Waals surface area contributed by atoms with Gasteiger partial charge in [0.1, 0.15) is 17.5 Å². The highest BCUT2D eigenvalue weighted by Crippen LogP contribution is 2.23. The van der Waals surface area contributed by atoms with Gasteiger partial charge in [-0.15, -0.1) is 15.3 Å². The van der Waals surface area contributed by atoms with Gasteiger partial charge in [-0.25, -0.2) is 9.97 Å². The number of hydrogen-bond donors (Lipinski definition) is 1. The summed E-state index contributed by atoms with van der Waals surface area (Å²) < 4.78 is 1.83. The van der Waals surface area contributed by atoms with Crippen LogP contribution in [0.3, 0.4) is 0 Å². The lowest BCUT2D eigenvalue weighted by Gasteiger charge is -2.34. The van der Waals surface area contributed by atoms with Crippen LogP contribution in [0.4, 0.5) is 11.6 Å². The van der Waals surface area contributed by atoms with Gasteiger partial charge in [0.2, 0.25) is 0 Å². The summed E-state index contributed by atoms with van der Waals surface area (Å²) in [6.45, 7) is 4.22. The molecule has 0 unspecified atom stereocenters. The molecular formula is C22H21N9S. The van der Waals surface area contributed by atoms with E-state index >= 15 is 0 Å². The van der Waals surface area contributed by atoms with E-state index in [1.807, 2.05) is 52.4 Å². The van der Waals surface area contributed by atoms with Gasteiger partial charge in [0.15, 0.2) is 11.5 Å². The lowest BCUT2D eigenvalue weighted by atomic mass is 10.2. The van der Waals surface area contributed by atoms with E-state index in [1.54, 1.807) is 11.3 Å². The van der Waals surface area contributed by atoms with Gasteiger partial charge in [-0.2, -0.15) is 15.9 Å². The van der Waals surface area contributed by atoms with Crippen molar-refractivity contribution in [3.8, 4) is 11.4 Å². The number of aromatic nitrogens is 6. The van der Waals surface area contributed by atoms with Crippen molar-refractivity contribution in [1.82, 2.24) is 34.7 Å². The molecule has 0 spiro atoms. The molecule has 1 aromatic carbocycles. The first-order valence-corrected chi connectivity index (χ1v) is 11.4. The van der Waals surface area contributed by atoms with Crippen molar-refractivity contribution in [2.75, 3.05) is 36.8 Å². The third-order valence-corrected chi connectivity index (χ3v) is 6.45. The number of thiophene rings is 1. The summed E-state index contributed by atoms with van der Waals surface area (Å²) in [6.07, 6.45) is 0. The van der Waals surface area contributed by atoms with Crippen LogP contribution >= 0.6 is 11.3 Å². The first-order chi connectivity index (χ1) is 15.7. The van der Waals surface area contributed by atoms with E-state index in [0.717, 1.165) is 65.8 Å². The minimum Gasteiger partial charge on any atom is -0.383 e. The summed E-state index contributed by atoms with van der Waals surface area (Å²) in [6, 6.07) is 13.9. The van der Waals surface area contributed by atoms with E-state index in [0.29, 0.717) is 12.4 Å². The highest BCUT2D eigenvalue weighted by Gasteiger charge is 2.21. The predicted molar refractivity (Wildman–Crippen MR) is 126 cm³/mol. The normalized spacial score (nSPS) is 15.1. The van der Waals surface area contributed by atoms with Gasteiger partial charge in [0.05, 0.1) is 12.1 Å². The number of nitrogen functional groups attached to an aromatic ring is 1. The van der Waals surface area contributed by atoms with Crippen LogP contribution in [0.5, 0.6) is 0 Å². The maximum absolute atomic E-state index is 6.15. The molecule has 0 bridgehead atoms. The minimum absolute atomic E-state index is 0.539. The minimum atomic E-state index is 0.539. The number of nitrogens with zero attached hydrogens (tertiary/aromatic N) is 8. The fourth-order valence-electron chi connectivity index (χ4n) is 4.08. The molecule has 0 amide bonds. The maximum Gasteiger partial charge on any atom is 0.186 e. The molecule has 32 heavy (non-hydrogen) atoms. The molecule has 0 aliphatic carbocycles. The van der Waals surface area contributed by atoms with Crippen molar-refractivity contribution in [3.05, 3.63) is 59.0 Å². The molecule has 1 saturated heterocycles. The largest absolute Gasteiger partial charge is 0.383 e. The van der Waals surface area contributed by atoms with Gasteiger partial charge in [0.25, 0.3) is 0 Å². The number of para-hydroxylation sites is 1. The van der Waals surface area contributed by atoms with Crippen molar-refractivity contribution in [1.29, 1.82) is 0 Å². The fraction of sp³-hybridized carbons (Fsp3) is 0.227. The van der Waals surface area contributed by atoms with E-state index in [2.05, 4.69) is 30.4 Å². The second-order valence-electron chi connectivity index (χ2n) is 7.80. The van der Waals surface area contributed by atoms with E-state index < -0.39 is 0 Å². The third kappa shape index (κ3) is 3.43. The molecule has 1 fully saturated rings. The summed E-state index contributed by atoms with van der Waals surface area (Å²) >= 11 is 1.64. The van der Waals surface area contributed by atoms with Gasteiger partial charge < -0.3 is 10.6 Å². The topological polar surface area (TPSA) is 101 Å². The molecule has 2 N–H and O–H groups in total. The van der Waals surface area contributed by atoms with Crippen LogP contribution in [0.15, 0.2) is 53.2 Å². The molecule has 6 rings (SSSR count). The Morgan fingerprint density at radius 3 is 2.66 bits per heavy atom. The lowest BCUT2D eigenvalue weighted by molar-refractivity contribution is 0.243. The summed E-state index contributed by atoms with van der Waals surface area (Å²) in [4.78, 5) is 13.9. The first kappa shape index (κ1) is 19.1. The van der Waals surface area contributed by atoms with Gasteiger partial charge >= 0.3 is 0 Å². The summed E-state index contributed by atoms with van der Waals surface area (Å²) in [5.74, 6) is 3.00. The Morgan fingerprint density at radius 2 is 1.81 bits per heavy atom. The Balaban J connectivity index is 1.17. The van der Waals surface area contributed by atoms with Crippen LogP contribution in [-0.2, 0) is 6.54 Å². The van der Waals surface area contributed by atoms with Crippen molar-refractivity contribution < 1.29 is 0 Å². The van der Waals surface area contributed by atoms with Crippen LogP contribution in [0.2, 0.25) is 0 Å². The van der Waals surface area contributed by atoms with Crippen molar-refractivity contribution in [3.63, 3.8) is 0 Å². The molecule has 4 aromatic heterocycles. The molecule has 10 heteroatoms. The van der Waals surface area contributed by atoms with Crippen LogP contribution in [-0.4, -0.2) is 60.9 Å². The van der Waals surface area contributed by atoms with E-state index in [4.69, 9.17) is 15.8 Å². The molecule has 1 aliphatic heterocycles. The average molecular weight is 444 g/mol. The zero-order chi connectivity index (χ0) is 21.5. The monoisotopic (exact) mass is 443 g/mol. The van der Waals surface area contributed by atoms with Crippen molar-refractivity contribution in [2.24, 2.45) is 0 Å². The fourth-order valence-corrected chi connectivity index (χ4v) is 4.71. The molecule has 0 saturated carbocycles. The third-order valence-electron chi connectivity index (χ3n) is 5.77. The van der Waals surface area contributed by atoms with Gasteiger partial charge in [-0.1, -0.05) is 12.1 Å². The second-order valence-corrected chi connectivity index (χ2v) is 8.58. The SMILES string of the molecule is Nc1nc(CN2CCN(c3ccc4nnc(-c5ccsc5)n4n3)CC2)nc2ccccc12. The predicted octanol–water partition coefficient (Wildman–Crippen LogP) is 2.70. The molecule has 9 nitrogen and oxygen atoms in total. The highest BCUT2D eigenvalue weighted by molar-refractivity contribution is 7.08. The lowest BCUT2D eigenvalue weighted by Crippen LogP contribution is -2.46. The molecule has 5 aromatic rings. The van der Waals surface area contributed by atoms with Crippen molar-refractivity contribution >= 4 is 39.5 Å². The molecule has 0 radical (unpaired) electrons. The Kier molecular flexibility index (Phi) is 4.66. The quantitative estimate of drug-likeness (QED) is 0.452. The number of fused-ring (bicyclic) bond motifs is 2. The Bertz CT molecular complexity index is 1390. The number of anilines is 2. The van der Waals surface area contributed by atoms with Crippen LogP contribution in [0, 0.1) is 0 Å². The standard InChI is InChI=1S/C22H21N9S/c23-21-16-3-1-2-4-17(16)24-18(25-21)13-29-8-10-30(11-9-29)20-6-5-19-26-27-22(31(19)28-20)15-7-12-32-14-15/h1-7,12,14H,8-11,13H2,(H2,23,24,25). The van der Waals surface area contributed by atoms with Crippen molar-refractivity contribution in [2.45, 2.75) is 6.54 Å². The van der Waals surface area contributed by atoms with Gasteiger partial charge in [-0.05, 0) is 35.7 Å². The van der Waals surface area contributed by atoms with E-state index in [9.17, 15) is 0 Å². The molecule has 1 aliphatic rings. The Labute approximate surface area is 188 Å². The van der Waals surface area contributed by atoms with Gasteiger partial charge in [0, 0.05) is 42.5 Å². The maximum atomic E-state index is 6.15.